The highest BCUT2D eigenvalue weighted by Crippen LogP contribution is 2.15. The van der Waals surface area contributed by atoms with Crippen molar-refractivity contribution in [2.24, 2.45) is 0 Å². The molecule has 0 spiro atoms. The third-order valence-corrected chi connectivity index (χ3v) is 3.20. The summed E-state index contributed by atoms with van der Waals surface area (Å²) in [4.78, 5) is 2.27. The van der Waals surface area contributed by atoms with E-state index < -0.39 is 0 Å². The molecule has 3 nitrogen and oxygen atoms in total. The summed E-state index contributed by atoms with van der Waals surface area (Å²) in [7, 11) is 0. The Hall–Kier alpha value is -1.44. The van der Waals surface area contributed by atoms with Gasteiger partial charge in [0.25, 0.3) is 0 Å². The molecular weight excluding hydrogens is 217 g/mol. The molecule has 17 heavy (non-hydrogen) atoms. The number of nitrogens with one attached hydrogen (secondary N) is 1. The topological polar surface area (TPSA) is 39.1 Å². The smallest absolute Gasteiger partial charge is 0.123 e. The van der Waals surface area contributed by atoms with Crippen LogP contribution in [0.15, 0.2) is 18.2 Å². The predicted octanol–water partition coefficient (Wildman–Crippen LogP) is 1.49. The molecule has 0 unspecified atom stereocenters. The fourth-order valence-electron chi connectivity index (χ4n) is 2.14. The first-order chi connectivity index (χ1) is 8.20. The van der Waals surface area contributed by atoms with Gasteiger partial charge in [-0.05, 0) is 30.7 Å². The molecule has 1 atom stereocenters. The number of nitriles is 1. The van der Waals surface area contributed by atoms with E-state index in [0.717, 1.165) is 25.2 Å². The molecule has 90 valence electrons. The van der Waals surface area contributed by atoms with Gasteiger partial charge in [-0.25, -0.2) is 4.39 Å². The quantitative estimate of drug-likeness (QED) is 0.841. The molecule has 0 amide bonds. The van der Waals surface area contributed by atoms with Gasteiger partial charge in [-0.15, -0.1) is 0 Å². The first-order valence-electron chi connectivity index (χ1n) is 5.84. The number of hydrogen-bond acceptors (Lipinski definition) is 3. The van der Waals surface area contributed by atoms with E-state index in [1.54, 1.807) is 6.07 Å². The van der Waals surface area contributed by atoms with Crippen LogP contribution in [-0.4, -0.2) is 30.6 Å². The van der Waals surface area contributed by atoms with Crippen LogP contribution in [0.3, 0.4) is 0 Å². The molecule has 1 aromatic carbocycles. The summed E-state index contributed by atoms with van der Waals surface area (Å²) < 4.78 is 13.2. The number of nitrogens with zero attached hydrogens (tertiary/aromatic N) is 2. The van der Waals surface area contributed by atoms with Crippen LogP contribution < -0.4 is 5.32 Å². The molecule has 2 rings (SSSR count). The fraction of sp³-hybridized carbons (Fsp3) is 0.462. The second kappa shape index (κ2) is 5.26. The highest BCUT2D eigenvalue weighted by atomic mass is 19.1. The molecule has 1 aliphatic heterocycles. The summed E-state index contributed by atoms with van der Waals surface area (Å²) >= 11 is 0. The van der Waals surface area contributed by atoms with Gasteiger partial charge >= 0.3 is 0 Å². The lowest BCUT2D eigenvalue weighted by atomic mass is 10.1. The van der Waals surface area contributed by atoms with Crippen molar-refractivity contribution in [3.8, 4) is 6.07 Å². The van der Waals surface area contributed by atoms with Gasteiger partial charge < -0.3 is 5.32 Å². The van der Waals surface area contributed by atoms with Crippen molar-refractivity contribution in [2.75, 3.05) is 19.6 Å². The molecule has 0 aromatic heterocycles. The maximum Gasteiger partial charge on any atom is 0.123 e. The molecule has 0 radical (unpaired) electrons. The minimum Gasteiger partial charge on any atom is -0.314 e. The number of halogens is 1. The van der Waals surface area contributed by atoms with Crippen LogP contribution in [0.5, 0.6) is 0 Å². The second-order valence-corrected chi connectivity index (χ2v) is 4.44. The average Bonchev–Trinajstić information content (AvgIpc) is 2.32. The summed E-state index contributed by atoms with van der Waals surface area (Å²) in [5.74, 6) is -0.276. The molecule has 0 bridgehead atoms. The van der Waals surface area contributed by atoms with Gasteiger partial charge in [0, 0.05) is 32.2 Å². The zero-order valence-corrected chi connectivity index (χ0v) is 9.91. The van der Waals surface area contributed by atoms with E-state index >= 15 is 0 Å². The summed E-state index contributed by atoms with van der Waals surface area (Å²) in [6.07, 6.45) is 0. The Morgan fingerprint density at radius 1 is 1.59 bits per heavy atom. The van der Waals surface area contributed by atoms with Crippen molar-refractivity contribution in [3.05, 3.63) is 35.1 Å². The third kappa shape index (κ3) is 2.82. The lowest BCUT2D eigenvalue weighted by Gasteiger charge is -2.34. The van der Waals surface area contributed by atoms with Crippen LogP contribution in [0.4, 0.5) is 4.39 Å². The van der Waals surface area contributed by atoms with E-state index in [9.17, 15) is 4.39 Å². The van der Waals surface area contributed by atoms with E-state index in [4.69, 9.17) is 5.26 Å². The lowest BCUT2D eigenvalue weighted by Crippen LogP contribution is -2.49. The molecule has 0 saturated carbocycles. The molecular formula is C13H16FN3. The normalized spacial score (nSPS) is 21.1. The SMILES string of the molecule is C[C@H]1CNCCN1Cc1cc(F)ccc1C#N. The van der Waals surface area contributed by atoms with Crippen LogP contribution in [0, 0.1) is 17.1 Å². The monoisotopic (exact) mass is 233 g/mol. The van der Waals surface area contributed by atoms with Crippen molar-refractivity contribution in [1.29, 1.82) is 5.26 Å². The predicted molar refractivity (Wildman–Crippen MR) is 63.9 cm³/mol. The number of rotatable bonds is 2. The zero-order valence-electron chi connectivity index (χ0n) is 9.91. The molecule has 1 fully saturated rings. The summed E-state index contributed by atoms with van der Waals surface area (Å²) in [6, 6.07) is 6.89. The van der Waals surface area contributed by atoms with E-state index in [0.29, 0.717) is 18.2 Å². The summed E-state index contributed by atoms with van der Waals surface area (Å²) in [6.45, 7) is 5.60. The first-order valence-corrected chi connectivity index (χ1v) is 5.84. The molecule has 1 saturated heterocycles. The Morgan fingerprint density at radius 2 is 2.41 bits per heavy atom. The summed E-state index contributed by atoms with van der Waals surface area (Å²) in [5.41, 5.74) is 1.35. The van der Waals surface area contributed by atoms with Gasteiger partial charge in [-0.1, -0.05) is 0 Å². The van der Waals surface area contributed by atoms with Crippen molar-refractivity contribution in [3.63, 3.8) is 0 Å². The van der Waals surface area contributed by atoms with Gasteiger partial charge in [0.2, 0.25) is 0 Å². The fourth-order valence-corrected chi connectivity index (χ4v) is 2.14. The Morgan fingerprint density at radius 3 is 3.12 bits per heavy atom. The average molecular weight is 233 g/mol. The first kappa shape index (κ1) is 12.0. The van der Waals surface area contributed by atoms with Crippen molar-refractivity contribution >= 4 is 0 Å². The molecule has 1 N–H and O–H groups in total. The standard InChI is InChI=1S/C13H16FN3/c1-10-8-16-4-5-17(10)9-12-6-13(14)3-2-11(12)7-15/h2-3,6,10,16H,4-5,8-9H2,1H3/t10-/m0/s1. The van der Waals surface area contributed by atoms with Crippen LogP contribution in [0.1, 0.15) is 18.1 Å². The molecule has 1 aromatic rings. The lowest BCUT2D eigenvalue weighted by molar-refractivity contribution is 0.165. The van der Waals surface area contributed by atoms with Gasteiger partial charge in [0.15, 0.2) is 0 Å². The van der Waals surface area contributed by atoms with Gasteiger partial charge in [0.05, 0.1) is 11.6 Å². The highest BCUT2D eigenvalue weighted by molar-refractivity contribution is 5.37. The number of hydrogen-bond donors (Lipinski definition) is 1. The van der Waals surface area contributed by atoms with E-state index in [-0.39, 0.29) is 5.82 Å². The largest absolute Gasteiger partial charge is 0.314 e. The van der Waals surface area contributed by atoms with Crippen molar-refractivity contribution in [2.45, 2.75) is 19.5 Å². The minimum atomic E-state index is -0.276. The Balaban J connectivity index is 2.17. The Labute approximate surface area is 101 Å². The maximum absolute atomic E-state index is 13.2. The van der Waals surface area contributed by atoms with E-state index in [1.807, 2.05) is 0 Å². The van der Waals surface area contributed by atoms with E-state index in [1.165, 1.54) is 12.1 Å². The van der Waals surface area contributed by atoms with Gasteiger partial charge in [-0.3, -0.25) is 4.90 Å². The third-order valence-electron chi connectivity index (χ3n) is 3.20. The second-order valence-electron chi connectivity index (χ2n) is 4.44. The van der Waals surface area contributed by atoms with Crippen LogP contribution in [-0.2, 0) is 6.54 Å². The Bertz CT molecular complexity index is 439. The Kier molecular flexibility index (Phi) is 3.72. The molecule has 1 aliphatic rings. The van der Waals surface area contributed by atoms with Gasteiger partial charge in [-0.2, -0.15) is 5.26 Å². The van der Waals surface area contributed by atoms with Gasteiger partial charge in [0.1, 0.15) is 5.82 Å². The molecule has 0 aliphatic carbocycles. The van der Waals surface area contributed by atoms with Crippen LogP contribution in [0.25, 0.3) is 0 Å². The number of benzene rings is 1. The zero-order chi connectivity index (χ0) is 12.3. The minimum absolute atomic E-state index is 0.276. The van der Waals surface area contributed by atoms with Crippen LogP contribution in [0.2, 0.25) is 0 Å². The number of piperazine rings is 1. The van der Waals surface area contributed by atoms with Crippen LogP contribution >= 0.6 is 0 Å². The molecule has 4 heteroatoms. The van der Waals surface area contributed by atoms with Crippen molar-refractivity contribution < 1.29 is 4.39 Å². The maximum atomic E-state index is 13.2. The molecule has 1 heterocycles. The highest BCUT2D eigenvalue weighted by Gasteiger charge is 2.19. The van der Waals surface area contributed by atoms with E-state index in [2.05, 4.69) is 23.2 Å². The summed E-state index contributed by atoms with van der Waals surface area (Å²) in [5, 5.41) is 12.3. The van der Waals surface area contributed by atoms with Crippen molar-refractivity contribution in [1.82, 2.24) is 10.2 Å².